The molecule has 1 atom stereocenters. The summed E-state index contributed by atoms with van der Waals surface area (Å²) in [6.45, 7) is -0.646. The molecule has 0 spiro atoms. The number of nitrogens with zero attached hydrogens (tertiary/aromatic N) is 2. The topological polar surface area (TPSA) is 193 Å². The number of halogens is 2. The molecule has 6 N–H and O–H groups in total. The molecule has 1 aliphatic heterocycles. The highest BCUT2D eigenvalue weighted by Crippen LogP contribution is 2.44. The molecule has 1 aromatic heterocycles. The fourth-order valence-electron chi connectivity index (χ4n) is 5.08. The zero-order valence-electron chi connectivity index (χ0n) is 23.5. The molecule has 0 unspecified atom stereocenters. The maximum absolute atomic E-state index is 15.6. The van der Waals surface area contributed by atoms with Crippen LogP contribution in [0, 0.1) is 5.82 Å². The van der Waals surface area contributed by atoms with Crippen LogP contribution in [0.1, 0.15) is 54.9 Å². The summed E-state index contributed by atoms with van der Waals surface area (Å²) in [6.07, 6.45) is 3.14. The van der Waals surface area contributed by atoms with Crippen molar-refractivity contribution in [3.05, 3.63) is 45.3 Å². The van der Waals surface area contributed by atoms with Gasteiger partial charge in [-0.15, -0.1) is 0 Å². The van der Waals surface area contributed by atoms with Crippen molar-refractivity contribution in [3.8, 4) is 5.75 Å². The zero-order valence-corrected chi connectivity index (χ0v) is 23.5. The Morgan fingerprint density at radius 3 is 2.53 bits per heavy atom. The lowest BCUT2D eigenvalue weighted by molar-refractivity contribution is -0.137. The van der Waals surface area contributed by atoms with E-state index in [0.717, 1.165) is 18.9 Å². The summed E-state index contributed by atoms with van der Waals surface area (Å²) in [4.78, 5) is 60.9. The Morgan fingerprint density at radius 1 is 1.19 bits per heavy atom. The molecule has 1 aliphatic carbocycles. The summed E-state index contributed by atoms with van der Waals surface area (Å²) in [7, 11) is 1.32. The molecule has 13 nitrogen and oxygen atoms in total. The number of nitrogens with two attached hydrogens (primary N) is 1. The Labute approximate surface area is 244 Å². The van der Waals surface area contributed by atoms with Crippen molar-refractivity contribution < 1.29 is 42.9 Å². The highest BCUT2D eigenvalue weighted by atomic mass is 19.1. The van der Waals surface area contributed by atoms with Crippen molar-refractivity contribution in [3.63, 3.8) is 0 Å². The van der Waals surface area contributed by atoms with Crippen LogP contribution in [0.25, 0.3) is 10.9 Å². The Kier molecular flexibility index (Phi) is 9.63. The van der Waals surface area contributed by atoms with E-state index in [4.69, 9.17) is 15.6 Å². The van der Waals surface area contributed by atoms with Gasteiger partial charge in [-0.25, -0.2) is 13.6 Å². The van der Waals surface area contributed by atoms with Crippen LogP contribution in [0.5, 0.6) is 5.75 Å². The van der Waals surface area contributed by atoms with Crippen molar-refractivity contribution in [1.29, 1.82) is 0 Å². The number of aromatic carboxylic acids is 1. The Bertz CT molecular complexity index is 1550. The number of amides is 2. The molecule has 1 saturated carbocycles. The third-order valence-corrected chi connectivity index (χ3v) is 7.43. The van der Waals surface area contributed by atoms with Gasteiger partial charge in [-0.3, -0.25) is 19.2 Å². The molecule has 1 saturated heterocycles. The number of anilines is 1. The molecule has 2 amide bonds. The monoisotopic (exact) mass is 605 g/mol. The van der Waals surface area contributed by atoms with Crippen LogP contribution in [0.4, 0.5) is 14.5 Å². The number of carboxylic acids is 2. The Morgan fingerprint density at radius 2 is 1.91 bits per heavy atom. The van der Waals surface area contributed by atoms with Gasteiger partial charge in [-0.05, 0) is 43.7 Å². The second-order valence-electron chi connectivity index (χ2n) is 10.5. The minimum Gasteiger partial charge on any atom is -0.492 e. The van der Waals surface area contributed by atoms with Gasteiger partial charge in [0.15, 0.2) is 11.6 Å². The lowest BCUT2D eigenvalue weighted by Crippen LogP contribution is -2.45. The SMILES string of the molecule is COc1c(N2CCCC(=C(F)CNC(=O)CNC(=O)[C@@H](N)CCC(=O)O)C2)c(F)cc2c(=O)c(C(=O)O)cn(C3CC3)c12. The summed E-state index contributed by atoms with van der Waals surface area (Å²) in [5, 5.41) is 22.7. The number of hydrogen-bond acceptors (Lipinski definition) is 8. The molecule has 0 bridgehead atoms. The third kappa shape index (κ3) is 7.10. The lowest BCUT2D eigenvalue weighted by atomic mass is 10.0. The van der Waals surface area contributed by atoms with Gasteiger partial charge in [0.05, 0.1) is 37.1 Å². The van der Waals surface area contributed by atoms with Gasteiger partial charge >= 0.3 is 11.9 Å². The van der Waals surface area contributed by atoms with Gasteiger partial charge in [0.1, 0.15) is 17.1 Å². The molecule has 2 heterocycles. The van der Waals surface area contributed by atoms with Gasteiger partial charge in [-0.1, -0.05) is 0 Å². The number of hydrogen-bond donors (Lipinski definition) is 5. The third-order valence-electron chi connectivity index (χ3n) is 7.43. The van der Waals surface area contributed by atoms with E-state index in [1.165, 1.54) is 13.3 Å². The number of pyridine rings is 1. The number of fused-ring (bicyclic) bond motifs is 1. The average molecular weight is 606 g/mol. The van der Waals surface area contributed by atoms with E-state index >= 15 is 8.78 Å². The standard InChI is InChI=1S/C28H33F2N5O8/c1-43-26-23-16(25(39)17(28(41)42)13-35(23)15-4-5-15)9-18(29)24(26)34-8-2-3-14(12-34)19(30)10-32-21(36)11-33-27(40)20(31)6-7-22(37)38/h9,13,15,20H,2-8,10-12,31H2,1H3,(H,32,36)(H,33,40)(H,37,38)(H,41,42)/t20-/m0/s1. The molecule has 232 valence electrons. The highest BCUT2D eigenvalue weighted by molar-refractivity contribution is 5.97. The molecular formula is C28H33F2N5O8. The highest BCUT2D eigenvalue weighted by Gasteiger charge is 2.32. The minimum atomic E-state index is -1.42. The number of nitrogens with one attached hydrogen (secondary N) is 2. The first-order valence-electron chi connectivity index (χ1n) is 13.7. The minimum absolute atomic E-state index is 0.0165. The molecule has 2 fully saturated rings. The van der Waals surface area contributed by atoms with Crippen LogP contribution in [-0.2, 0) is 14.4 Å². The first-order chi connectivity index (χ1) is 20.4. The average Bonchev–Trinajstić information content (AvgIpc) is 3.82. The van der Waals surface area contributed by atoms with Gasteiger partial charge in [0.25, 0.3) is 0 Å². The van der Waals surface area contributed by atoms with E-state index < -0.39 is 65.5 Å². The summed E-state index contributed by atoms with van der Waals surface area (Å²) >= 11 is 0. The quantitative estimate of drug-likeness (QED) is 0.236. The van der Waals surface area contributed by atoms with Gasteiger partial charge in [0, 0.05) is 31.7 Å². The van der Waals surface area contributed by atoms with E-state index in [1.54, 1.807) is 9.47 Å². The number of carbonyl (C=O) groups is 4. The van der Waals surface area contributed by atoms with Crippen LogP contribution in [0.15, 0.2) is 28.5 Å². The van der Waals surface area contributed by atoms with Crippen molar-refractivity contribution in [1.82, 2.24) is 15.2 Å². The summed E-state index contributed by atoms with van der Waals surface area (Å²) < 4.78 is 38.0. The number of aliphatic carboxylic acids is 1. The second-order valence-corrected chi connectivity index (χ2v) is 10.5. The van der Waals surface area contributed by atoms with Crippen LogP contribution in [-0.4, -0.2) is 77.9 Å². The van der Waals surface area contributed by atoms with Crippen LogP contribution >= 0.6 is 0 Å². The Hall–Kier alpha value is -4.53. The van der Waals surface area contributed by atoms with Crippen LogP contribution < -0.4 is 31.4 Å². The number of methoxy groups -OCH3 is 1. The van der Waals surface area contributed by atoms with Crippen LogP contribution in [0.2, 0.25) is 0 Å². The van der Waals surface area contributed by atoms with Crippen LogP contribution in [0.3, 0.4) is 0 Å². The summed E-state index contributed by atoms with van der Waals surface area (Å²) in [5.74, 6) is -5.34. The number of carboxylic acid groups (broad SMARTS) is 2. The number of piperidine rings is 1. The molecule has 2 aliphatic rings. The van der Waals surface area contributed by atoms with E-state index in [1.807, 2.05) is 0 Å². The largest absolute Gasteiger partial charge is 0.492 e. The van der Waals surface area contributed by atoms with E-state index in [2.05, 4.69) is 10.6 Å². The van der Waals surface area contributed by atoms with Crippen molar-refractivity contribution in [2.24, 2.45) is 5.73 Å². The molecule has 15 heteroatoms. The molecule has 43 heavy (non-hydrogen) atoms. The lowest BCUT2D eigenvalue weighted by Gasteiger charge is -2.33. The summed E-state index contributed by atoms with van der Waals surface area (Å²) in [6, 6.07) is -0.185. The maximum Gasteiger partial charge on any atom is 0.341 e. The van der Waals surface area contributed by atoms with Crippen molar-refractivity contribution >= 4 is 40.3 Å². The maximum atomic E-state index is 15.6. The molecular weight excluding hydrogens is 572 g/mol. The van der Waals surface area contributed by atoms with E-state index in [9.17, 15) is 29.1 Å². The molecule has 1 aromatic carbocycles. The molecule has 0 radical (unpaired) electrons. The molecule has 2 aromatic rings. The number of ether oxygens (including phenoxy) is 1. The van der Waals surface area contributed by atoms with Gasteiger partial charge < -0.3 is 40.8 Å². The van der Waals surface area contributed by atoms with Crippen molar-refractivity contribution in [2.75, 3.05) is 38.2 Å². The Balaban J connectivity index is 1.51. The number of benzene rings is 1. The van der Waals surface area contributed by atoms with Crippen molar-refractivity contribution in [2.45, 2.75) is 50.6 Å². The predicted octanol–water partition coefficient (Wildman–Crippen LogP) is 1.43. The number of aromatic nitrogens is 1. The fraction of sp³-hybridized carbons (Fsp3) is 0.464. The fourth-order valence-corrected chi connectivity index (χ4v) is 5.08. The summed E-state index contributed by atoms with van der Waals surface area (Å²) in [5.41, 5.74) is 4.89. The first kappa shape index (κ1) is 31.4. The first-order valence-corrected chi connectivity index (χ1v) is 13.7. The van der Waals surface area contributed by atoms with E-state index in [0.29, 0.717) is 25.0 Å². The normalized spacial score (nSPS) is 16.9. The molecule has 4 rings (SSSR count). The van der Waals surface area contributed by atoms with Gasteiger partial charge in [0.2, 0.25) is 17.2 Å². The number of rotatable bonds is 12. The van der Waals surface area contributed by atoms with E-state index in [-0.39, 0.29) is 47.8 Å². The predicted molar refractivity (Wildman–Crippen MR) is 150 cm³/mol. The second kappa shape index (κ2) is 13.2. The zero-order chi connectivity index (χ0) is 31.4. The number of carbonyl (C=O) groups excluding carboxylic acids is 2. The van der Waals surface area contributed by atoms with Gasteiger partial charge in [-0.2, -0.15) is 0 Å². The smallest absolute Gasteiger partial charge is 0.341 e.